The molecular formula is C14H18O3. The minimum atomic E-state index is 0.194. The zero-order valence-electron chi connectivity index (χ0n) is 10.7. The van der Waals surface area contributed by atoms with Crippen LogP contribution < -0.4 is 9.47 Å². The quantitative estimate of drug-likeness (QED) is 0.580. The number of methoxy groups -OCH3 is 2. The van der Waals surface area contributed by atoms with Crippen molar-refractivity contribution in [1.82, 2.24) is 0 Å². The van der Waals surface area contributed by atoms with Crippen LogP contribution in [0.3, 0.4) is 0 Å². The van der Waals surface area contributed by atoms with Crippen molar-refractivity contribution < 1.29 is 14.3 Å². The second kappa shape index (κ2) is 6.09. The Morgan fingerprint density at radius 3 is 2.41 bits per heavy atom. The average molecular weight is 234 g/mol. The molecule has 0 N–H and O–H groups in total. The van der Waals surface area contributed by atoms with Crippen LogP contribution in [0.2, 0.25) is 0 Å². The molecule has 0 atom stereocenters. The van der Waals surface area contributed by atoms with Gasteiger partial charge in [0.15, 0.2) is 0 Å². The standard InChI is InChI=1S/C14H18O3/c1-10(2)12(9-15)7-11-5-6-13(16-3)8-14(11)17-4/h5-10H,1-4H3/b12-7-. The van der Waals surface area contributed by atoms with Crippen LogP contribution in [-0.4, -0.2) is 20.5 Å². The van der Waals surface area contributed by atoms with Crippen molar-refractivity contribution in [1.29, 1.82) is 0 Å². The minimum absolute atomic E-state index is 0.194. The molecule has 1 aromatic rings. The summed E-state index contributed by atoms with van der Waals surface area (Å²) in [5.74, 6) is 1.62. The lowest BCUT2D eigenvalue weighted by atomic mass is 10.0. The summed E-state index contributed by atoms with van der Waals surface area (Å²) in [5.41, 5.74) is 1.62. The van der Waals surface area contributed by atoms with Crippen molar-refractivity contribution >= 4 is 12.4 Å². The van der Waals surface area contributed by atoms with Gasteiger partial charge in [-0.25, -0.2) is 0 Å². The second-order valence-corrected chi connectivity index (χ2v) is 4.02. The first-order valence-electron chi connectivity index (χ1n) is 5.51. The lowest BCUT2D eigenvalue weighted by Crippen LogP contribution is -1.96. The highest BCUT2D eigenvalue weighted by Gasteiger charge is 2.06. The Bertz CT molecular complexity index is 419. The number of carbonyl (C=O) groups is 1. The Morgan fingerprint density at radius 2 is 1.94 bits per heavy atom. The van der Waals surface area contributed by atoms with E-state index in [9.17, 15) is 4.79 Å². The Morgan fingerprint density at radius 1 is 1.24 bits per heavy atom. The molecule has 0 heterocycles. The van der Waals surface area contributed by atoms with Gasteiger partial charge in [0.2, 0.25) is 0 Å². The first kappa shape index (κ1) is 13.3. The predicted molar refractivity (Wildman–Crippen MR) is 68.4 cm³/mol. The molecule has 0 aromatic heterocycles. The summed E-state index contributed by atoms with van der Waals surface area (Å²) in [5, 5.41) is 0. The molecule has 0 bridgehead atoms. The Labute approximate surface area is 102 Å². The van der Waals surface area contributed by atoms with E-state index < -0.39 is 0 Å². The molecule has 0 aliphatic carbocycles. The van der Waals surface area contributed by atoms with Crippen LogP contribution in [0.15, 0.2) is 23.8 Å². The number of ether oxygens (including phenoxy) is 2. The summed E-state index contributed by atoms with van der Waals surface area (Å²) in [6, 6.07) is 5.52. The summed E-state index contributed by atoms with van der Waals surface area (Å²) in [7, 11) is 3.21. The zero-order valence-corrected chi connectivity index (χ0v) is 10.7. The van der Waals surface area contributed by atoms with Gasteiger partial charge in [0.05, 0.1) is 14.2 Å². The molecule has 3 heteroatoms. The molecule has 0 radical (unpaired) electrons. The van der Waals surface area contributed by atoms with Gasteiger partial charge in [-0.05, 0) is 29.7 Å². The van der Waals surface area contributed by atoms with Crippen molar-refractivity contribution in [2.45, 2.75) is 13.8 Å². The fourth-order valence-electron chi connectivity index (χ4n) is 1.45. The second-order valence-electron chi connectivity index (χ2n) is 4.02. The highest BCUT2D eigenvalue weighted by molar-refractivity contribution is 5.83. The molecule has 17 heavy (non-hydrogen) atoms. The van der Waals surface area contributed by atoms with Crippen LogP contribution in [-0.2, 0) is 4.79 Å². The van der Waals surface area contributed by atoms with Crippen LogP contribution in [0.4, 0.5) is 0 Å². The van der Waals surface area contributed by atoms with Gasteiger partial charge in [-0.1, -0.05) is 13.8 Å². The molecule has 0 aliphatic heterocycles. The van der Waals surface area contributed by atoms with E-state index in [1.807, 2.05) is 32.1 Å². The zero-order chi connectivity index (χ0) is 12.8. The van der Waals surface area contributed by atoms with Crippen LogP contribution in [0.5, 0.6) is 11.5 Å². The Hall–Kier alpha value is -1.77. The third kappa shape index (κ3) is 3.34. The topological polar surface area (TPSA) is 35.5 Å². The maximum atomic E-state index is 10.9. The highest BCUT2D eigenvalue weighted by Crippen LogP contribution is 2.27. The van der Waals surface area contributed by atoms with Gasteiger partial charge in [-0.15, -0.1) is 0 Å². The number of rotatable bonds is 5. The molecule has 1 aromatic carbocycles. The molecule has 0 aliphatic rings. The first-order valence-corrected chi connectivity index (χ1v) is 5.51. The molecule has 0 saturated carbocycles. The van der Waals surface area contributed by atoms with E-state index in [-0.39, 0.29) is 5.92 Å². The smallest absolute Gasteiger partial charge is 0.146 e. The molecule has 1 rings (SSSR count). The third-order valence-corrected chi connectivity index (χ3v) is 2.57. The summed E-state index contributed by atoms with van der Waals surface area (Å²) < 4.78 is 10.4. The molecule has 0 saturated heterocycles. The predicted octanol–water partition coefficient (Wildman–Crippen LogP) is 2.94. The van der Waals surface area contributed by atoms with Gasteiger partial charge in [0.25, 0.3) is 0 Å². The Balaban J connectivity index is 3.17. The molecule has 92 valence electrons. The molecule has 0 amide bonds. The van der Waals surface area contributed by atoms with Crippen molar-refractivity contribution in [3.8, 4) is 11.5 Å². The average Bonchev–Trinajstić information content (AvgIpc) is 2.35. The SMILES string of the molecule is COc1ccc(/C=C(/C=O)C(C)C)c(OC)c1. The number of benzene rings is 1. The van der Waals surface area contributed by atoms with Crippen molar-refractivity contribution in [3.05, 3.63) is 29.3 Å². The van der Waals surface area contributed by atoms with E-state index >= 15 is 0 Å². The number of allylic oxidation sites excluding steroid dienone is 1. The monoisotopic (exact) mass is 234 g/mol. The third-order valence-electron chi connectivity index (χ3n) is 2.57. The molecule has 3 nitrogen and oxygen atoms in total. The van der Waals surface area contributed by atoms with Crippen molar-refractivity contribution in [2.75, 3.05) is 14.2 Å². The fraction of sp³-hybridized carbons (Fsp3) is 0.357. The van der Waals surface area contributed by atoms with Gasteiger partial charge >= 0.3 is 0 Å². The van der Waals surface area contributed by atoms with E-state index in [1.165, 1.54) is 0 Å². The molecular weight excluding hydrogens is 216 g/mol. The maximum Gasteiger partial charge on any atom is 0.146 e. The lowest BCUT2D eigenvalue weighted by Gasteiger charge is -2.09. The minimum Gasteiger partial charge on any atom is -0.497 e. The molecule has 0 unspecified atom stereocenters. The van der Waals surface area contributed by atoms with Crippen LogP contribution >= 0.6 is 0 Å². The summed E-state index contributed by atoms with van der Waals surface area (Å²) >= 11 is 0. The molecule has 0 fully saturated rings. The first-order chi connectivity index (χ1) is 8.12. The van der Waals surface area contributed by atoms with E-state index in [1.54, 1.807) is 20.3 Å². The van der Waals surface area contributed by atoms with Gasteiger partial charge in [0, 0.05) is 11.6 Å². The van der Waals surface area contributed by atoms with E-state index in [4.69, 9.17) is 9.47 Å². The van der Waals surface area contributed by atoms with Crippen LogP contribution in [0, 0.1) is 5.92 Å². The number of carbonyl (C=O) groups excluding carboxylic acids is 1. The van der Waals surface area contributed by atoms with E-state index in [0.717, 1.165) is 23.2 Å². The largest absolute Gasteiger partial charge is 0.497 e. The molecule has 0 spiro atoms. The summed E-state index contributed by atoms with van der Waals surface area (Å²) in [6.45, 7) is 3.96. The normalized spacial score (nSPS) is 11.5. The lowest BCUT2D eigenvalue weighted by molar-refractivity contribution is -0.105. The van der Waals surface area contributed by atoms with Crippen molar-refractivity contribution in [2.24, 2.45) is 5.92 Å². The van der Waals surface area contributed by atoms with Gasteiger partial charge in [0.1, 0.15) is 17.8 Å². The van der Waals surface area contributed by atoms with E-state index in [2.05, 4.69) is 0 Å². The van der Waals surface area contributed by atoms with Crippen molar-refractivity contribution in [3.63, 3.8) is 0 Å². The van der Waals surface area contributed by atoms with Crippen LogP contribution in [0.25, 0.3) is 6.08 Å². The van der Waals surface area contributed by atoms with Gasteiger partial charge in [-0.2, -0.15) is 0 Å². The number of hydrogen-bond acceptors (Lipinski definition) is 3. The number of aldehydes is 1. The van der Waals surface area contributed by atoms with Gasteiger partial charge < -0.3 is 9.47 Å². The summed E-state index contributed by atoms with van der Waals surface area (Å²) in [6.07, 6.45) is 2.73. The summed E-state index contributed by atoms with van der Waals surface area (Å²) in [4.78, 5) is 10.9. The van der Waals surface area contributed by atoms with Crippen LogP contribution in [0.1, 0.15) is 19.4 Å². The fourth-order valence-corrected chi connectivity index (χ4v) is 1.45. The van der Waals surface area contributed by atoms with Gasteiger partial charge in [-0.3, -0.25) is 4.79 Å². The Kier molecular flexibility index (Phi) is 4.76. The number of hydrogen-bond donors (Lipinski definition) is 0. The maximum absolute atomic E-state index is 10.9. The van der Waals surface area contributed by atoms with E-state index in [0.29, 0.717) is 5.75 Å². The highest BCUT2D eigenvalue weighted by atomic mass is 16.5.